The molecule has 1 atom stereocenters. The minimum absolute atomic E-state index is 0.0389. The minimum Gasteiger partial charge on any atom is -0.481 e. The molecule has 0 saturated carbocycles. The highest BCUT2D eigenvalue weighted by Gasteiger charge is 2.29. The van der Waals surface area contributed by atoms with Gasteiger partial charge in [-0.2, -0.15) is 0 Å². The second kappa shape index (κ2) is 8.05. The second-order valence-electron chi connectivity index (χ2n) is 7.35. The van der Waals surface area contributed by atoms with Crippen LogP contribution in [0.3, 0.4) is 0 Å². The van der Waals surface area contributed by atoms with Crippen LogP contribution in [0.5, 0.6) is 5.88 Å². The Morgan fingerprint density at radius 2 is 1.93 bits per heavy atom. The van der Waals surface area contributed by atoms with Crippen molar-refractivity contribution in [2.24, 2.45) is 0 Å². The third-order valence-corrected chi connectivity index (χ3v) is 5.25. The Balaban J connectivity index is 1.74. The van der Waals surface area contributed by atoms with Gasteiger partial charge in [0.05, 0.1) is 7.11 Å². The van der Waals surface area contributed by atoms with Crippen molar-refractivity contribution in [2.75, 3.05) is 33.8 Å². The van der Waals surface area contributed by atoms with Crippen molar-refractivity contribution in [1.29, 1.82) is 0 Å². The zero-order chi connectivity index (χ0) is 20.4. The average Bonchev–Trinajstić information content (AvgIpc) is 3.19. The van der Waals surface area contributed by atoms with Crippen molar-refractivity contribution >= 4 is 5.91 Å². The van der Waals surface area contributed by atoms with Crippen molar-refractivity contribution in [3.8, 4) is 23.0 Å². The molecule has 1 saturated heterocycles. The van der Waals surface area contributed by atoms with Crippen LogP contribution in [0.2, 0.25) is 0 Å². The van der Waals surface area contributed by atoms with E-state index in [-0.39, 0.29) is 11.9 Å². The molecule has 3 heterocycles. The smallest absolute Gasteiger partial charge is 0.274 e. The lowest BCUT2D eigenvalue weighted by Gasteiger charge is -2.37. The summed E-state index contributed by atoms with van der Waals surface area (Å²) in [6.07, 6.45) is 3.54. The summed E-state index contributed by atoms with van der Waals surface area (Å²) >= 11 is 0. The summed E-state index contributed by atoms with van der Waals surface area (Å²) in [5.41, 5.74) is 2.20. The van der Waals surface area contributed by atoms with Gasteiger partial charge in [-0.3, -0.25) is 9.36 Å². The van der Waals surface area contributed by atoms with Crippen LogP contribution in [0.15, 0.2) is 54.9 Å². The Morgan fingerprint density at radius 3 is 2.59 bits per heavy atom. The quantitative estimate of drug-likeness (QED) is 0.684. The molecule has 29 heavy (non-hydrogen) atoms. The SMILES string of the molecule is COc1ccc(-c2nc(C(=O)N3CCN(C)CC3C)cn2-c2ccccc2)cn1. The summed E-state index contributed by atoms with van der Waals surface area (Å²) in [5.74, 6) is 1.17. The molecule has 3 aromatic rings. The number of methoxy groups -OCH3 is 1. The zero-order valence-electron chi connectivity index (χ0n) is 16.9. The average molecular weight is 391 g/mol. The highest BCUT2D eigenvalue weighted by Crippen LogP contribution is 2.25. The lowest BCUT2D eigenvalue weighted by Crippen LogP contribution is -2.52. The van der Waals surface area contributed by atoms with Crippen LogP contribution in [-0.4, -0.2) is 70.1 Å². The Morgan fingerprint density at radius 1 is 1.14 bits per heavy atom. The van der Waals surface area contributed by atoms with Crippen molar-refractivity contribution in [1.82, 2.24) is 24.3 Å². The maximum Gasteiger partial charge on any atom is 0.274 e. The number of rotatable bonds is 4. The van der Waals surface area contributed by atoms with Gasteiger partial charge < -0.3 is 14.5 Å². The van der Waals surface area contributed by atoms with E-state index in [0.717, 1.165) is 24.3 Å². The fourth-order valence-corrected chi connectivity index (χ4v) is 3.69. The predicted molar refractivity (Wildman–Crippen MR) is 111 cm³/mol. The van der Waals surface area contributed by atoms with Crippen LogP contribution < -0.4 is 4.74 Å². The number of likely N-dealkylation sites (N-methyl/N-ethyl adjacent to an activating group) is 1. The first kappa shape index (κ1) is 19.1. The molecule has 0 aliphatic carbocycles. The van der Waals surface area contributed by atoms with E-state index in [1.54, 1.807) is 19.4 Å². The number of carbonyl (C=O) groups is 1. The summed E-state index contributed by atoms with van der Waals surface area (Å²) < 4.78 is 7.10. The lowest BCUT2D eigenvalue weighted by molar-refractivity contribution is 0.0528. The number of hydrogen-bond donors (Lipinski definition) is 0. The first-order chi connectivity index (χ1) is 14.1. The van der Waals surface area contributed by atoms with Gasteiger partial charge in [-0.05, 0) is 32.2 Å². The molecule has 1 unspecified atom stereocenters. The van der Waals surface area contributed by atoms with Crippen molar-refractivity contribution in [3.05, 3.63) is 60.6 Å². The molecule has 7 nitrogen and oxygen atoms in total. The van der Waals surface area contributed by atoms with Crippen LogP contribution in [0.4, 0.5) is 0 Å². The molecule has 2 aromatic heterocycles. The second-order valence-corrected chi connectivity index (χ2v) is 7.35. The van der Waals surface area contributed by atoms with E-state index in [4.69, 9.17) is 9.72 Å². The number of nitrogens with zero attached hydrogens (tertiary/aromatic N) is 5. The van der Waals surface area contributed by atoms with Gasteiger partial charge in [0.2, 0.25) is 5.88 Å². The van der Waals surface area contributed by atoms with Gasteiger partial charge in [0.25, 0.3) is 5.91 Å². The number of para-hydroxylation sites is 1. The molecule has 0 spiro atoms. The van der Waals surface area contributed by atoms with Crippen LogP contribution in [-0.2, 0) is 0 Å². The third-order valence-electron chi connectivity index (χ3n) is 5.25. The number of ether oxygens (including phenoxy) is 1. The van der Waals surface area contributed by atoms with Gasteiger partial charge in [-0.1, -0.05) is 18.2 Å². The van der Waals surface area contributed by atoms with Gasteiger partial charge in [0.15, 0.2) is 0 Å². The highest BCUT2D eigenvalue weighted by atomic mass is 16.5. The van der Waals surface area contributed by atoms with E-state index < -0.39 is 0 Å². The summed E-state index contributed by atoms with van der Waals surface area (Å²) in [4.78, 5) is 26.4. The molecular weight excluding hydrogens is 366 g/mol. The molecule has 1 fully saturated rings. The van der Waals surface area contributed by atoms with Gasteiger partial charge in [-0.25, -0.2) is 9.97 Å². The fourth-order valence-electron chi connectivity index (χ4n) is 3.69. The molecule has 1 aromatic carbocycles. The number of hydrogen-bond acceptors (Lipinski definition) is 5. The standard InChI is InChI=1S/C22H25N5O2/c1-16-14-25(2)11-12-26(16)22(28)19-15-27(18-7-5-4-6-8-18)21(24-19)17-9-10-20(29-3)23-13-17/h4-10,13,15-16H,11-12,14H2,1-3H3. The largest absolute Gasteiger partial charge is 0.481 e. The van der Waals surface area contributed by atoms with E-state index in [1.165, 1.54) is 0 Å². The highest BCUT2D eigenvalue weighted by molar-refractivity contribution is 5.93. The number of imidazole rings is 1. The molecule has 0 bridgehead atoms. The van der Waals surface area contributed by atoms with Crippen molar-refractivity contribution in [3.63, 3.8) is 0 Å². The van der Waals surface area contributed by atoms with E-state index in [9.17, 15) is 4.79 Å². The monoisotopic (exact) mass is 391 g/mol. The maximum atomic E-state index is 13.2. The van der Waals surface area contributed by atoms with E-state index >= 15 is 0 Å². The third kappa shape index (κ3) is 3.86. The molecule has 4 rings (SSSR count). The number of amides is 1. The number of piperazine rings is 1. The summed E-state index contributed by atoms with van der Waals surface area (Å²) in [7, 11) is 3.66. The van der Waals surface area contributed by atoms with Gasteiger partial charge in [-0.15, -0.1) is 0 Å². The first-order valence-electron chi connectivity index (χ1n) is 9.71. The Labute approximate surface area is 170 Å². The molecule has 1 aliphatic heterocycles. The Kier molecular flexibility index (Phi) is 5.31. The van der Waals surface area contributed by atoms with Crippen molar-refractivity contribution < 1.29 is 9.53 Å². The zero-order valence-corrected chi connectivity index (χ0v) is 16.9. The van der Waals surface area contributed by atoms with Crippen molar-refractivity contribution in [2.45, 2.75) is 13.0 Å². The Hall–Kier alpha value is -3.19. The Bertz CT molecular complexity index is 984. The lowest BCUT2D eigenvalue weighted by atomic mass is 10.2. The van der Waals surface area contributed by atoms with Crippen LogP contribution >= 0.6 is 0 Å². The molecule has 1 aliphatic rings. The van der Waals surface area contributed by atoms with Gasteiger partial charge in [0.1, 0.15) is 11.5 Å². The van der Waals surface area contributed by atoms with Gasteiger partial charge in [0, 0.05) is 55.4 Å². The number of benzene rings is 1. The van der Waals surface area contributed by atoms with Crippen LogP contribution in [0.1, 0.15) is 17.4 Å². The minimum atomic E-state index is -0.0389. The van der Waals surface area contributed by atoms with E-state index in [0.29, 0.717) is 23.9 Å². The normalized spacial score (nSPS) is 17.3. The number of pyridine rings is 1. The fraction of sp³-hybridized carbons (Fsp3) is 0.318. The first-order valence-corrected chi connectivity index (χ1v) is 9.71. The molecule has 150 valence electrons. The van der Waals surface area contributed by atoms with E-state index in [1.807, 2.05) is 52.1 Å². The topological polar surface area (TPSA) is 63.5 Å². The molecule has 7 heteroatoms. The predicted octanol–water partition coefficient (Wildman–Crippen LogP) is 2.72. The summed E-state index contributed by atoms with van der Waals surface area (Å²) in [6.45, 7) is 4.51. The molecule has 0 N–H and O–H groups in total. The van der Waals surface area contributed by atoms with Gasteiger partial charge >= 0.3 is 0 Å². The molecule has 1 amide bonds. The number of carbonyl (C=O) groups excluding carboxylic acids is 1. The molecule has 0 radical (unpaired) electrons. The van der Waals surface area contributed by atoms with Crippen LogP contribution in [0.25, 0.3) is 17.1 Å². The maximum absolute atomic E-state index is 13.2. The summed E-state index contributed by atoms with van der Waals surface area (Å²) in [5, 5.41) is 0. The summed E-state index contributed by atoms with van der Waals surface area (Å²) in [6, 6.07) is 13.7. The molecular formula is C22H25N5O2. The van der Waals surface area contributed by atoms with E-state index in [2.05, 4.69) is 23.9 Å². The number of aromatic nitrogens is 3. The van der Waals surface area contributed by atoms with Crippen LogP contribution in [0, 0.1) is 0 Å².